The fourth-order valence-corrected chi connectivity index (χ4v) is 4.92. The molecule has 0 radical (unpaired) electrons. The first kappa shape index (κ1) is 18.2. The maximum Gasteiger partial charge on any atom is 0.272 e. The molecule has 2 aromatic carbocycles. The predicted octanol–water partition coefficient (Wildman–Crippen LogP) is 3.24. The number of nitrogens with two attached hydrogens (primary N) is 1. The highest BCUT2D eigenvalue weighted by molar-refractivity contribution is 5.94. The van der Waals surface area contributed by atoms with Gasteiger partial charge in [0.15, 0.2) is 0 Å². The summed E-state index contributed by atoms with van der Waals surface area (Å²) in [6.07, 6.45) is 5.48. The van der Waals surface area contributed by atoms with Gasteiger partial charge in [-0.2, -0.15) is 5.10 Å². The molecule has 1 saturated carbocycles. The molecule has 1 aliphatic carbocycles. The quantitative estimate of drug-likeness (QED) is 0.673. The van der Waals surface area contributed by atoms with Gasteiger partial charge in [-0.3, -0.25) is 9.69 Å². The molecule has 3 aromatic rings. The first-order chi connectivity index (χ1) is 14.2. The Hall–Kier alpha value is -2.86. The largest absolute Gasteiger partial charge is 0.397 e. The van der Waals surface area contributed by atoms with E-state index in [-0.39, 0.29) is 5.56 Å². The molecule has 3 N–H and O–H groups in total. The normalized spacial score (nSPS) is 18.6. The number of nitrogens with one attached hydrogen (secondary N) is 1. The van der Waals surface area contributed by atoms with E-state index in [1.54, 1.807) is 0 Å². The summed E-state index contributed by atoms with van der Waals surface area (Å²) in [4.78, 5) is 17.1. The SMILES string of the molecule is Nc1cc(-c2n[nH]c(=O)c3ccccc23)ccc1N1CCN(C2CCCC2)CC1. The van der Waals surface area contributed by atoms with E-state index in [0.29, 0.717) is 5.39 Å². The number of aromatic amines is 1. The third-order valence-corrected chi connectivity index (χ3v) is 6.49. The highest BCUT2D eigenvalue weighted by Crippen LogP contribution is 2.32. The summed E-state index contributed by atoms with van der Waals surface area (Å²) in [5.74, 6) is 0. The van der Waals surface area contributed by atoms with E-state index in [2.05, 4.69) is 32.1 Å². The van der Waals surface area contributed by atoms with Crippen LogP contribution in [0.4, 0.5) is 11.4 Å². The second kappa shape index (κ2) is 7.52. The Morgan fingerprint density at radius 2 is 1.69 bits per heavy atom. The number of piperazine rings is 1. The number of anilines is 2. The van der Waals surface area contributed by atoms with Gasteiger partial charge in [0.1, 0.15) is 0 Å². The minimum Gasteiger partial charge on any atom is -0.397 e. The van der Waals surface area contributed by atoms with Crippen molar-refractivity contribution in [1.29, 1.82) is 0 Å². The molecule has 0 unspecified atom stereocenters. The van der Waals surface area contributed by atoms with Crippen LogP contribution >= 0.6 is 0 Å². The fourth-order valence-electron chi connectivity index (χ4n) is 4.92. The molecule has 1 saturated heterocycles. The van der Waals surface area contributed by atoms with Crippen molar-refractivity contribution in [2.24, 2.45) is 0 Å². The van der Waals surface area contributed by atoms with Crippen molar-refractivity contribution < 1.29 is 0 Å². The van der Waals surface area contributed by atoms with Gasteiger partial charge >= 0.3 is 0 Å². The summed E-state index contributed by atoms with van der Waals surface area (Å²) >= 11 is 0. The van der Waals surface area contributed by atoms with E-state index in [1.807, 2.05) is 30.3 Å². The van der Waals surface area contributed by atoms with E-state index in [9.17, 15) is 4.79 Å². The Bertz CT molecular complexity index is 1080. The maximum atomic E-state index is 12.1. The van der Waals surface area contributed by atoms with E-state index in [4.69, 9.17) is 5.73 Å². The molecule has 2 fully saturated rings. The first-order valence-electron chi connectivity index (χ1n) is 10.6. The minimum absolute atomic E-state index is 0.172. The van der Waals surface area contributed by atoms with Crippen LogP contribution in [0.1, 0.15) is 25.7 Å². The Morgan fingerprint density at radius 1 is 0.966 bits per heavy atom. The Kier molecular flexibility index (Phi) is 4.72. The van der Waals surface area contributed by atoms with E-state index in [0.717, 1.165) is 60.2 Å². The van der Waals surface area contributed by atoms with Gasteiger partial charge < -0.3 is 10.6 Å². The lowest BCUT2D eigenvalue weighted by Crippen LogP contribution is -2.49. The zero-order valence-corrected chi connectivity index (χ0v) is 16.6. The Labute approximate surface area is 170 Å². The zero-order chi connectivity index (χ0) is 19.8. The smallest absolute Gasteiger partial charge is 0.272 e. The van der Waals surface area contributed by atoms with E-state index < -0.39 is 0 Å². The number of H-pyrrole nitrogens is 1. The van der Waals surface area contributed by atoms with Crippen LogP contribution in [0.3, 0.4) is 0 Å². The van der Waals surface area contributed by atoms with Gasteiger partial charge in [-0.1, -0.05) is 37.1 Å². The highest BCUT2D eigenvalue weighted by Gasteiger charge is 2.26. The molecule has 0 spiro atoms. The number of hydrogen-bond donors (Lipinski definition) is 2. The lowest BCUT2D eigenvalue weighted by atomic mass is 10.0. The molecule has 0 bridgehead atoms. The molecule has 6 heteroatoms. The summed E-state index contributed by atoms with van der Waals surface area (Å²) in [5, 5.41) is 8.39. The van der Waals surface area contributed by atoms with Gasteiger partial charge in [-0.25, -0.2) is 5.10 Å². The minimum atomic E-state index is -0.172. The van der Waals surface area contributed by atoms with Crippen molar-refractivity contribution in [3.8, 4) is 11.3 Å². The molecule has 6 nitrogen and oxygen atoms in total. The molecule has 0 amide bonds. The monoisotopic (exact) mass is 389 g/mol. The molecule has 2 aliphatic rings. The molecule has 29 heavy (non-hydrogen) atoms. The number of rotatable bonds is 3. The summed E-state index contributed by atoms with van der Waals surface area (Å²) in [7, 11) is 0. The van der Waals surface area contributed by atoms with Gasteiger partial charge in [-0.05, 0) is 31.0 Å². The molecule has 1 aromatic heterocycles. The van der Waals surface area contributed by atoms with Gasteiger partial charge in [0.2, 0.25) is 0 Å². The number of nitrogens with zero attached hydrogens (tertiary/aromatic N) is 3. The van der Waals surface area contributed by atoms with Gasteiger partial charge in [0.25, 0.3) is 5.56 Å². The zero-order valence-electron chi connectivity index (χ0n) is 16.6. The standard InChI is InChI=1S/C23H27N5O/c24-20-15-16(22-18-7-3-4-8-19(18)23(29)26-25-22)9-10-21(20)28-13-11-27(12-14-28)17-5-1-2-6-17/h3-4,7-10,15,17H,1-2,5-6,11-14,24H2,(H,26,29). The topological polar surface area (TPSA) is 78.2 Å². The summed E-state index contributed by atoms with van der Waals surface area (Å²) in [5.41, 5.74) is 9.82. The number of aromatic nitrogens is 2. The summed E-state index contributed by atoms with van der Waals surface area (Å²) in [6, 6.07) is 14.5. The van der Waals surface area contributed by atoms with Crippen LogP contribution in [0.15, 0.2) is 47.3 Å². The van der Waals surface area contributed by atoms with Gasteiger partial charge in [0.05, 0.1) is 22.5 Å². The fraction of sp³-hybridized carbons (Fsp3) is 0.391. The van der Waals surface area contributed by atoms with Crippen LogP contribution in [-0.4, -0.2) is 47.3 Å². The summed E-state index contributed by atoms with van der Waals surface area (Å²) in [6.45, 7) is 4.25. The van der Waals surface area contributed by atoms with Crippen molar-refractivity contribution in [2.75, 3.05) is 36.8 Å². The lowest BCUT2D eigenvalue weighted by molar-refractivity contribution is 0.187. The first-order valence-corrected chi connectivity index (χ1v) is 10.6. The Morgan fingerprint density at radius 3 is 2.41 bits per heavy atom. The van der Waals surface area contributed by atoms with Crippen LogP contribution in [0.2, 0.25) is 0 Å². The number of nitrogen functional groups attached to an aromatic ring is 1. The van der Waals surface area contributed by atoms with Gasteiger partial charge in [0, 0.05) is 43.2 Å². The molecule has 2 heterocycles. The molecule has 0 atom stereocenters. The molecule has 5 rings (SSSR count). The predicted molar refractivity (Wildman–Crippen MR) is 118 cm³/mol. The van der Waals surface area contributed by atoms with E-state index in [1.165, 1.54) is 25.7 Å². The molecular formula is C23H27N5O. The van der Waals surface area contributed by atoms with E-state index >= 15 is 0 Å². The lowest BCUT2D eigenvalue weighted by Gasteiger charge is -2.39. The van der Waals surface area contributed by atoms with Crippen LogP contribution in [0.25, 0.3) is 22.0 Å². The average Bonchev–Trinajstić information content (AvgIpc) is 3.29. The van der Waals surface area contributed by atoms with Crippen LogP contribution < -0.4 is 16.2 Å². The molecule has 1 aliphatic heterocycles. The summed E-state index contributed by atoms with van der Waals surface area (Å²) < 4.78 is 0. The number of benzene rings is 2. The third-order valence-electron chi connectivity index (χ3n) is 6.49. The second-order valence-electron chi connectivity index (χ2n) is 8.18. The van der Waals surface area contributed by atoms with Crippen molar-refractivity contribution in [2.45, 2.75) is 31.7 Å². The highest BCUT2D eigenvalue weighted by atomic mass is 16.1. The molecular weight excluding hydrogens is 362 g/mol. The number of hydrogen-bond acceptors (Lipinski definition) is 5. The van der Waals surface area contributed by atoms with Crippen LogP contribution in [0, 0.1) is 0 Å². The van der Waals surface area contributed by atoms with Crippen LogP contribution in [0.5, 0.6) is 0 Å². The second-order valence-corrected chi connectivity index (χ2v) is 8.18. The van der Waals surface area contributed by atoms with Crippen LogP contribution in [-0.2, 0) is 0 Å². The average molecular weight is 390 g/mol. The number of fused-ring (bicyclic) bond motifs is 1. The van der Waals surface area contributed by atoms with Crippen molar-refractivity contribution >= 4 is 22.1 Å². The van der Waals surface area contributed by atoms with Crippen molar-refractivity contribution in [3.63, 3.8) is 0 Å². The van der Waals surface area contributed by atoms with Gasteiger partial charge in [-0.15, -0.1) is 0 Å². The van der Waals surface area contributed by atoms with Crippen molar-refractivity contribution in [1.82, 2.24) is 15.1 Å². The van der Waals surface area contributed by atoms with Crippen molar-refractivity contribution in [3.05, 3.63) is 52.8 Å². The molecule has 150 valence electrons. The maximum absolute atomic E-state index is 12.1. The third kappa shape index (κ3) is 3.38. The Balaban J connectivity index is 1.39.